The molecule has 0 aliphatic carbocycles. The lowest BCUT2D eigenvalue weighted by Gasteiger charge is -2.32. The van der Waals surface area contributed by atoms with Crippen LogP contribution in [0.5, 0.6) is 0 Å². The number of fused-ring (bicyclic) bond motifs is 2. The molecule has 0 saturated carbocycles. The zero-order chi connectivity index (χ0) is 17.4. The first kappa shape index (κ1) is 15.8. The maximum atomic E-state index is 12.9. The van der Waals surface area contributed by atoms with Crippen LogP contribution < -0.4 is 0 Å². The number of aromatic nitrogens is 2. The van der Waals surface area contributed by atoms with Gasteiger partial charge in [0.15, 0.2) is 0 Å². The van der Waals surface area contributed by atoms with E-state index in [-0.39, 0.29) is 19.1 Å². The van der Waals surface area contributed by atoms with Gasteiger partial charge in [0.1, 0.15) is 0 Å². The van der Waals surface area contributed by atoms with Crippen LogP contribution in [0.3, 0.4) is 0 Å². The van der Waals surface area contributed by atoms with Crippen molar-refractivity contribution in [3.8, 4) is 0 Å². The first-order chi connectivity index (χ1) is 12.2. The summed E-state index contributed by atoms with van der Waals surface area (Å²) in [7, 11) is 0. The van der Waals surface area contributed by atoms with Crippen molar-refractivity contribution in [2.24, 2.45) is 0 Å². The van der Waals surface area contributed by atoms with Gasteiger partial charge in [0.05, 0.1) is 36.6 Å². The summed E-state index contributed by atoms with van der Waals surface area (Å²) in [5.74, 6) is -0.118. The number of hydrogen-bond acceptors (Lipinski definition) is 4. The number of rotatable bonds is 3. The van der Waals surface area contributed by atoms with Gasteiger partial charge in [0.2, 0.25) is 0 Å². The van der Waals surface area contributed by atoms with Crippen molar-refractivity contribution in [3.05, 3.63) is 65.5 Å². The molecule has 0 bridgehead atoms. The van der Waals surface area contributed by atoms with Crippen molar-refractivity contribution < 1.29 is 15.0 Å². The van der Waals surface area contributed by atoms with Crippen LogP contribution in [-0.4, -0.2) is 43.7 Å². The lowest BCUT2D eigenvalue weighted by Crippen LogP contribution is -2.38. The van der Waals surface area contributed by atoms with Crippen molar-refractivity contribution in [2.75, 3.05) is 13.2 Å². The molecule has 128 valence electrons. The van der Waals surface area contributed by atoms with Gasteiger partial charge in [-0.15, -0.1) is 0 Å². The zero-order valence-corrected chi connectivity index (χ0v) is 13.7. The number of aliphatic hydroxyl groups is 2. The highest BCUT2D eigenvalue weighted by molar-refractivity contribution is 5.97. The van der Waals surface area contributed by atoms with E-state index in [1.807, 2.05) is 34.9 Å². The summed E-state index contributed by atoms with van der Waals surface area (Å²) in [5, 5.41) is 19.4. The van der Waals surface area contributed by atoms with Crippen molar-refractivity contribution in [3.63, 3.8) is 0 Å². The molecule has 1 atom stereocenters. The Balaban J connectivity index is 1.62. The number of nitrogens with zero attached hydrogens (tertiary/aromatic N) is 3. The zero-order valence-electron chi connectivity index (χ0n) is 13.7. The highest BCUT2D eigenvalue weighted by Crippen LogP contribution is 2.27. The van der Waals surface area contributed by atoms with Gasteiger partial charge in [-0.25, -0.2) is 4.98 Å². The Labute approximate surface area is 145 Å². The third-order valence-electron chi connectivity index (χ3n) is 4.66. The number of carbonyl (C=O) groups excluding carboxylic acids is 1. The molecule has 25 heavy (non-hydrogen) atoms. The SMILES string of the molecule is O=C(c1ccc2c(c1)ncn2CCO)N1Cc2ccccc2[C@H](O)C1. The maximum Gasteiger partial charge on any atom is 0.254 e. The van der Waals surface area contributed by atoms with E-state index in [0.29, 0.717) is 18.7 Å². The minimum absolute atomic E-state index is 0.0389. The van der Waals surface area contributed by atoms with Crippen LogP contribution in [-0.2, 0) is 13.1 Å². The molecule has 0 spiro atoms. The molecule has 0 fully saturated rings. The molecule has 6 heteroatoms. The maximum absolute atomic E-state index is 12.9. The average molecular weight is 337 g/mol. The van der Waals surface area contributed by atoms with Crippen molar-refractivity contribution in [2.45, 2.75) is 19.2 Å². The van der Waals surface area contributed by atoms with Gasteiger partial charge in [0, 0.05) is 18.7 Å². The molecule has 1 aliphatic heterocycles. The Morgan fingerprint density at radius 3 is 2.92 bits per heavy atom. The highest BCUT2D eigenvalue weighted by atomic mass is 16.3. The van der Waals surface area contributed by atoms with Crippen molar-refractivity contribution >= 4 is 16.9 Å². The van der Waals surface area contributed by atoms with Crippen molar-refractivity contribution in [1.82, 2.24) is 14.5 Å². The third kappa shape index (κ3) is 2.79. The largest absolute Gasteiger partial charge is 0.395 e. The smallest absolute Gasteiger partial charge is 0.254 e. The summed E-state index contributed by atoms with van der Waals surface area (Å²) in [6, 6.07) is 13.0. The van der Waals surface area contributed by atoms with E-state index in [0.717, 1.165) is 22.2 Å². The molecular formula is C19H19N3O3. The Hall–Kier alpha value is -2.70. The van der Waals surface area contributed by atoms with E-state index < -0.39 is 6.10 Å². The second kappa shape index (κ2) is 6.31. The highest BCUT2D eigenvalue weighted by Gasteiger charge is 2.27. The monoisotopic (exact) mass is 337 g/mol. The standard InChI is InChI=1S/C19H19N3O3/c23-8-7-21-12-20-16-9-13(5-6-17(16)21)19(25)22-10-14-3-1-2-4-15(14)18(24)11-22/h1-6,9,12,18,23-24H,7-8,10-11H2/t18-/m1/s1. The topological polar surface area (TPSA) is 78.6 Å². The number of hydrogen-bond donors (Lipinski definition) is 2. The predicted molar refractivity (Wildman–Crippen MR) is 93.0 cm³/mol. The fourth-order valence-corrected chi connectivity index (χ4v) is 3.40. The number of benzene rings is 2. The summed E-state index contributed by atoms with van der Waals surface area (Å²) < 4.78 is 1.85. The molecule has 0 saturated heterocycles. The number of β-amino-alcohol motifs (C(OH)–C–C–N with tert-alkyl or cyclic N) is 1. The van der Waals surface area contributed by atoms with Gasteiger partial charge in [-0.05, 0) is 29.3 Å². The Bertz CT molecular complexity index is 935. The summed E-state index contributed by atoms with van der Waals surface area (Å²) in [5.41, 5.74) is 4.02. The fourth-order valence-electron chi connectivity index (χ4n) is 3.40. The average Bonchev–Trinajstić information content (AvgIpc) is 3.03. The molecule has 2 N–H and O–H groups in total. The van der Waals surface area contributed by atoms with E-state index in [9.17, 15) is 9.90 Å². The van der Waals surface area contributed by atoms with Gasteiger partial charge in [-0.1, -0.05) is 24.3 Å². The molecular weight excluding hydrogens is 318 g/mol. The molecule has 2 aromatic carbocycles. The minimum Gasteiger partial charge on any atom is -0.395 e. The summed E-state index contributed by atoms with van der Waals surface area (Å²) in [6.07, 6.45) is 0.997. The quantitative estimate of drug-likeness (QED) is 0.763. The molecule has 3 aromatic rings. The second-order valence-electron chi connectivity index (χ2n) is 6.27. The van der Waals surface area contributed by atoms with Crippen LogP contribution in [0.1, 0.15) is 27.6 Å². The Morgan fingerprint density at radius 1 is 1.24 bits per heavy atom. The number of amides is 1. The molecule has 6 nitrogen and oxygen atoms in total. The third-order valence-corrected chi connectivity index (χ3v) is 4.66. The summed E-state index contributed by atoms with van der Waals surface area (Å²) in [4.78, 5) is 18.8. The van der Waals surface area contributed by atoms with E-state index >= 15 is 0 Å². The summed E-state index contributed by atoms with van der Waals surface area (Å²) in [6.45, 7) is 1.28. The van der Waals surface area contributed by atoms with Crippen LogP contribution in [0.15, 0.2) is 48.8 Å². The van der Waals surface area contributed by atoms with Crippen LogP contribution >= 0.6 is 0 Å². The minimum atomic E-state index is -0.665. The van der Waals surface area contributed by atoms with E-state index in [4.69, 9.17) is 5.11 Å². The molecule has 4 rings (SSSR count). The van der Waals surface area contributed by atoms with Crippen LogP contribution in [0.25, 0.3) is 11.0 Å². The summed E-state index contributed by atoms with van der Waals surface area (Å²) >= 11 is 0. The normalized spacial score (nSPS) is 16.9. The van der Waals surface area contributed by atoms with E-state index in [2.05, 4.69) is 4.98 Å². The lowest BCUT2D eigenvalue weighted by atomic mass is 9.97. The molecule has 0 radical (unpaired) electrons. The number of aliphatic hydroxyl groups excluding tert-OH is 2. The van der Waals surface area contributed by atoms with Crippen molar-refractivity contribution in [1.29, 1.82) is 0 Å². The fraction of sp³-hybridized carbons (Fsp3) is 0.263. The first-order valence-electron chi connectivity index (χ1n) is 8.28. The molecule has 1 amide bonds. The molecule has 2 heterocycles. The van der Waals surface area contributed by atoms with Gasteiger partial charge in [0.25, 0.3) is 5.91 Å². The van der Waals surface area contributed by atoms with Gasteiger partial charge < -0.3 is 19.7 Å². The molecule has 1 aliphatic rings. The Kier molecular flexibility index (Phi) is 3.99. The van der Waals surface area contributed by atoms with Gasteiger partial charge >= 0.3 is 0 Å². The van der Waals surface area contributed by atoms with E-state index in [1.54, 1.807) is 23.4 Å². The van der Waals surface area contributed by atoms with E-state index in [1.165, 1.54) is 0 Å². The number of imidazole rings is 1. The second-order valence-corrected chi connectivity index (χ2v) is 6.27. The van der Waals surface area contributed by atoms with Crippen LogP contribution in [0.4, 0.5) is 0 Å². The predicted octanol–water partition coefficient (Wildman–Crippen LogP) is 1.72. The lowest BCUT2D eigenvalue weighted by molar-refractivity contribution is 0.0550. The number of carbonyl (C=O) groups is 1. The molecule has 0 unspecified atom stereocenters. The Morgan fingerprint density at radius 2 is 2.08 bits per heavy atom. The van der Waals surface area contributed by atoms with Crippen LogP contribution in [0.2, 0.25) is 0 Å². The molecule has 1 aromatic heterocycles. The van der Waals surface area contributed by atoms with Gasteiger partial charge in [-0.3, -0.25) is 4.79 Å². The first-order valence-corrected chi connectivity index (χ1v) is 8.28. The van der Waals surface area contributed by atoms with Gasteiger partial charge in [-0.2, -0.15) is 0 Å². The van der Waals surface area contributed by atoms with Crippen LogP contribution in [0, 0.1) is 0 Å².